The molecule has 4 nitrogen and oxygen atoms in total. The molecule has 0 saturated carbocycles. The van der Waals surface area contributed by atoms with Crippen molar-refractivity contribution in [3.63, 3.8) is 0 Å². The number of nitrogens with one attached hydrogen (secondary N) is 1. The number of hydrogen-bond acceptors (Lipinski definition) is 3. The van der Waals surface area contributed by atoms with E-state index in [1.165, 1.54) is 0 Å². The van der Waals surface area contributed by atoms with Gasteiger partial charge >= 0.3 is 0 Å². The average Bonchev–Trinajstić information content (AvgIpc) is 2.93. The Labute approximate surface area is 115 Å². The van der Waals surface area contributed by atoms with Crippen molar-refractivity contribution in [2.45, 2.75) is 33.4 Å². The molecular weight excluding hydrogens is 294 g/mol. The first-order valence-electron chi connectivity index (χ1n) is 6.17. The summed E-state index contributed by atoms with van der Waals surface area (Å²) in [6, 6.07) is 2.12. The zero-order valence-corrected chi connectivity index (χ0v) is 12.5. The lowest BCUT2D eigenvalue weighted by Crippen LogP contribution is -2.25. The minimum absolute atomic E-state index is 0.102. The molecule has 0 fully saturated rings. The fourth-order valence-electron chi connectivity index (χ4n) is 2.16. The Kier molecular flexibility index (Phi) is 4.24. The second-order valence-electron chi connectivity index (χ2n) is 4.12. The van der Waals surface area contributed by atoms with E-state index in [2.05, 4.69) is 40.2 Å². The SMILES string of the molecule is CCNC(c1ccoc1C)c1c(Br)cnn1CC. The van der Waals surface area contributed by atoms with E-state index in [4.69, 9.17) is 4.42 Å². The summed E-state index contributed by atoms with van der Waals surface area (Å²) in [5.41, 5.74) is 2.30. The molecule has 2 rings (SSSR count). The van der Waals surface area contributed by atoms with Crippen molar-refractivity contribution in [2.24, 2.45) is 0 Å². The van der Waals surface area contributed by atoms with Gasteiger partial charge in [-0.15, -0.1) is 0 Å². The van der Waals surface area contributed by atoms with Crippen LogP contribution in [0.1, 0.15) is 36.9 Å². The van der Waals surface area contributed by atoms with Crippen LogP contribution >= 0.6 is 15.9 Å². The Morgan fingerprint density at radius 3 is 2.83 bits per heavy atom. The lowest BCUT2D eigenvalue weighted by atomic mass is 10.0. The molecule has 2 aromatic rings. The second kappa shape index (κ2) is 5.71. The third-order valence-electron chi connectivity index (χ3n) is 3.02. The third-order valence-corrected chi connectivity index (χ3v) is 3.64. The van der Waals surface area contributed by atoms with Crippen molar-refractivity contribution in [1.29, 1.82) is 0 Å². The Bertz CT molecular complexity index is 518. The molecule has 98 valence electrons. The molecule has 1 unspecified atom stereocenters. The predicted molar refractivity (Wildman–Crippen MR) is 74.6 cm³/mol. The summed E-state index contributed by atoms with van der Waals surface area (Å²) in [4.78, 5) is 0. The number of halogens is 1. The van der Waals surface area contributed by atoms with Gasteiger partial charge in [-0.2, -0.15) is 5.10 Å². The lowest BCUT2D eigenvalue weighted by Gasteiger charge is -2.19. The van der Waals surface area contributed by atoms with Crippen molar-refractivity contribution >= 4 is 15.9 Å². The van der Waals surface area contributed by atoms with E-state index < -0.39 is 0 Å². The highest BCUT2D eigenvalue weighted by molar-refractivity contribution is 9.10. The molecule has 18 heavy (non-hydrogen) atoms. The van der Waals surface area contributed by atoms with Crippen molar-refractivity contribution in [2.75, 3.05) is 6.54 Å². The van der Waals surface area contributed by atoms with Gasteiger partial charge in [-0.3, -0.25) is 4.68 Å². The van der Waals surface area contributed by atoms with E-state index in [1.54, 1.807) is 6.26 Å². The van der Waals surface area contributed by atoms with Gasteiger partial charge in [0.15, 0.2) is 0 Å². The van der Waals surface area contributed by atoms with Gasteiger partial charge in [0.05, 0.1) is 28.7 Å². The minimum Gasteiger partial charge on any atom is -0.469 e. The van der Waals surface area contributed by atoms with E-state index >= 15 is 0 Å². The van der Waals surface area contributed by atoms with Crippen LogP contribution in [0.5, 0.6) is 0 Å². The molecule has 0 radical (unpaired) electrons. The van der Waals surface area contributed by atoms with Crippen molar-refractivity contribution in [3.05, 3.63) is 40.0 Å². The summed E-state index contributed by atoms with van der Waals surface area (Å²) in [5.74, 6) is 0.941. The standard InChI is InChI=1S/C13H18BrN3O/c1-4-15-12(10-6-7-18-9(10)3)13-11(14)8-16-17(13)5-2/h6-8,12,15H,4-5H2,1-3H3. The van der Waals surface area contributed by atoms with Gasteiger partial charge in [0.25, 0.3) is 0 Å². The van der Waals surface area contributed by atoms with Gasteiger partial charge in [-0.05, 0) is 42.4 Å². The lowest BCUT2D eigenvalue weighted by molar-refractivity contribution is 0.505. The molecule has 2 aromatic heterocycles. The van der Waals surface area contributed by atoms with Crippen LogP contribution in [0.2, 0.25) is 0 Å². The Morgan fingerprint density at radius 2 is 2.28 bits per heavy atom. The predicted octanol–water partition coefficient (Wildman–Crippen LogP) is 3.27. The highest BCUT2D eigenvalue weighted by Gasteiger charge is 2.23. The van der Waals surface area contributed by atoms with Crippen LogP contribution in [0.3, 0.4) is 0 Å². The van der Waals surface area contributed by atoms with E-state index in [1.807, 2.05) is 23.9 Å². The molecule has 0 spiro atoms. The summed E-state index contributed by atoms with van der Waals surface area (Å²) in [7, 11) is 0. The normalized spacial score (nSPS) is 12.9. The van der Waals surface area contributed by atoms with E-state index in [0.717, 1.165) is 34.6 Å². The number of aromatic nitrogens is 2. The van der Waals surface area contributed by atoms with Crippen LogP contribution in [-0.4, -0.2) is 16.3 Å². The molecule has 5 heteroatoms. The minimum atomic E-state index is 0.102. The molecule has 0 amide bonds. The van der Waals surface area contributed by atoms with Gasteiger partial charge < -0.3 is 9.73 Å². The maximum atomic E-state index is 5.42. The molecule has 0 aliphatic rings. The van der Waals surface area contributed by atoms with Gasteiger partial charge in [-0.25, -0.2) is 0 Å². The first-order chi connectivity index (χ1) is 8.69. The Hall–Kier alpha value is -1.07. The maximum Gasteiger partial charge on any atom is 0.105 e. The molecular formula is C13H18BrN3O. The van der Waals surface area contributed by atoms with Crippen LogP contribution in [0.15, 0.2) is 27.4 Å². The summed E-state index contributed by atoms with van der Waals surface area (Å²) < 4.78 is 8.45. The molecule has 1 N–H and O–H groups in total. The van der Waals surface area contributed by atoms with Gasteiger partial charge in [0.2, 0.25) is 0 Å². The van der Waals surface area contributed by atoms with Crippen LogP contribution in [0.25, 0.3) is 0 Å². The van der Waals surface area contributed by atoms with E-state index in [9.17, 15) is 0 Å². The summed E-state index contributed by atoms with van der Waals surface area (Å²) in [6.45, 7) is 7.91. The number of furan rings is 1. The van der Waals surface area contributed by atoms with Crippen molar-refractivity contribution in [1.82, 2.24) is 15.1 Å². The number of hydrogen-bond donors (Lipinski definition) is 1. The second-order valence-corrected chi connectivity index (χ2v) is 4.97. The smallest absolute Gasteiger partial charge is 0.105 e. The maximum absolute atomic E-state index is 5.42. The highest BCUT2D eigenvalue weighted by Crippen LogP contribution is 2.30. The first-order valence-corrected chi connectivity index (χ1v) is 6.96. The molecule has 0 aromatic carbocycles. The van der Waals surface area contributed by atoms with Crippen LogP contribution in [0, 0.1) is 6.92 Å². The summed E-state index contributed by atoms with van der Waals surface area (Å²) >= 11 is 3.58. The topological polar surface area (TPSA) is 43.0 Å². The van der Waals surface area contributed by atoms with Gasteiger partial charge in [0.1, 0.15) is 5.76 Å². The zero-order valence-electron chi connectivity index (χ0n) is 10.9. The van der Waals surface area contributed by atoms with E-state index in [-0.39, 0.29) is 6.04 Å². The average molecular weight is 312 g/mol. The fourth-order valence-corrected chi connectivity index (χ4v) is 2.69. The summed E-state index contributed by atoms with van der Waals surface area (Å²) in [6.07, 6.45) is 3.58. The quantitative estimate of drug-likeness (QED) is 0.921. The third kappa shape index (κ3) is 2.37. The van der Waals surface area contributed by atoms with Crippen LogP contribution < -0.4 is 5.32 Å². The van der Waals surface area contributed by atoms with Crippen molar-refractivity contribution < 1.29 is 4.42 Å². The van der Waals surface area contributed by atoms with Crippen molar-refractivity contribution in [3.8, 4) is 0 Å². The molecule has 0 aliphatic carbocycles. The molecule has 0 aliphatic heterocycles. The van der Waals surface area contributed by atoms with Crippen LogP contribution in [-0.2, 0) is 6.54 Å². The first kappa shape index (κ1) is 13.4. The summed E-state index contributed by atoms with van der Waals surface area (Å²) in [5, 5.41) is 7.87. The molecule has 0 bridgehead atoms. The van der Waals surface area contributed by atoms with Crippen LogP contribution in [0.4, 0.5) is 0 Å². The largest absolute Gasteiger partial charge is 0.469 e. The number of nitrogens with zero attached hydrogens (tertiary/aromatic N) is 2. The Balaban J connectivity index is 2.47. The van der Waals surface area contributed by atoms with E-state index in [0.29, 0.717) is 0 Å². The monoisotopic (exact) mass is 311 g/mol. The number of rotatable bonds is 5. The zero-order chi connectivity index (χ0) is 13.1. The molecule has 1 atom stereocenters. The number of aryl methyl sites for hydroxylation is 2. The highest BCUT2D eigenvalue weighted by atomic mass is 79.9. The van der Waals surface area contributed by atoms with Gasteiger partial charge in [0, 0.05) is 12.1 Å². The van der Waals surface area contributed by atoms with Gasteiger partial charge in [-0.1, -0.05) is 6.92 Å². The molecule has 0 saturated heterocycles. The Morgan fingerprint density at radius 1 is 1.50 bits per heavy atom. The molecule has 2 heterocycles. The fraction of sp³-hybridized carbons (Fsp3) is 0.462.